The number of rotatable bonds is 5. The highest BCUT2D eigenvalue weighted by Gasteiger charge is 2.09. The molecule has 0 spiro atoms. The molecule has 3 rings (SSSR count). The summed E-state index contributed by atoms with van der Waals surface area (Å²) in [5.41, 5.74) is 1.70. The average Bonchev–Trinajstić information content (AvgIpc) is 2.94. The zero-order valence-corrected chi connectivity index (χ0v) is 14.0. The van der Waals surface area contributed by atoms with Crippen molar-refractivity contribution in [2.24, 2.45) is 0 Å². The van der Waals surface area contributed by atoms with Gasteiger partial charge < -0.3 is 4.42 Å². The smallest absolute Gasteiger partial charge is 0.206 e. The summed E-state index contributed by atoms with van der Waals surface area (Å²) < 4.78 is 17.5. The number of benzene rings is 1. The van der Waals surface area contributed by atoms with Gasteiger partial charge in [-0.15, -0.1) is 0 Å². The summed E-state index contributed by atoms with van der Waals surface area (Å²) in [5, 5.41) is 0.669. The Morgan fingerprint density at radius 3 is 2.35 bits per heavy atom. The summed E-state index contributed by atoms with van der Waals surface area (Å²) in [4.78, 5) is 12.7. The first-order chi connectivity index (χ1) is 11.1. The maximum absolute atomic E-state index is 12.1. The molecule has 0 saturated heterocycles. The highest BCUT2D eigenvalue weighted by molar-refractivity contribution is 7.83. The van der Waals surface area contributed by atoms with Crippen molar-refractivity contribution in [2.45, 2.75) is 18.4 Å². The van der Waals surface area contributed by atoms with Gasteiger partial charge in [-0.3, -0.25) is 4.21 Å². The van der Waals surface area contributed by atoms with Crippen molar-refractivity contribution in [2.75, 3.05) is 0 Å². The molecule has 0 aliphatic carbocycles. The topological polar surface area (TPSA) is 68.9 Å². The minimum atomic E-state index is -1.12. The first-order valence-electron chi connectivity index (χ1n) is 6.93. The van der Waals surface area contributed by atoms with E-state index in [9.17, 15) is 4.21 Å². The van der Waals surface area contributed by atoms with Crippen molar-refractivity contribution < 1.29 is 8.63 Å². The maximum atomic E-state index is 12.1. The second kappa shape index (κ2) is 7.02. The molecule has 0 amide bonds. The van der Waals surface area contributed by atoms with Crippen molar-refractivity contribution in [3.8, 4) is 11.4 Å². The number of halogens is 1. The van der Waals surface area contributed by atoms with E-state index in [2.05, 4.69) is 15.0 Å². The Kier molecular flexibility index (Phi) is 4.83. The lowest BCUT2D eigenvalue weighted by atomic mass is 10.2. The van der Waals surface area contributed by atoms with Gasteiger partial charge >= 0.3 is 0 Å². The molecule has 1 unspecified atom stereocenters. The summed E-state index contributed by atoms with van der Waals surface area (Å²) in [6, 6.07) is 7.31. The van der Waals surface area contributed by atoms with Crippen molar-refractivity contribution >= 4 is 22.4 Å². The molecular formula is C16H14ClN3O2S. The second-order valence-corrected chi connectivity index (χ2v) is 6.91. The van der Waals surface area contributed by atoms with Gasteiger partial charge in [-0.05, 0) is 31.2 Å². The third-order valence-corrected chi connectivity index (χ3v) is 4.57. The molecule has 1 atom stereocenters. The quantitative estimate of drug-likeness (QED) is 0.706. The molecule has 2 heterocycles. The van der Waals surface area contributed by atoms with Crippen molar-refractivity contribution in [3.05, 3.63) is 65.1 Å². The molecule has 0 aliphatic heterocycles. The minimum Gasteiger partial charge on any atom is -0.445 e. The van der Waals surface area contributed by atoms with E-state index < -0.39 is 10.8 Å². The lowest BCUT2D eigenvalue weighted by Crippen LogP contribution is -2.01. The third kappa shape index (κ3) is 4.24. The van der Waals surface area contributed by atoms with Gasteiger partial charge in [0.25, 0.3) is 0 Å². The van der Waals surface area contributed by atoms with E-state index in [0.29, 0.717) is 28.3 Å². The molecule has 0 fully saturated rings. The Hall–Kier alpha value is -2.05. The molecule has 118 valence electrons. The van der Waals surface area contributed by atoms with E-state index in [1.54, 1.807) is 30.7 Å². The molecule has 23 heavy (non-hydrogen) atoms. The van der Waals surface area contributed by atoms with Crippen molar-refractivity contribution in [1.29, 1.82) is 0 Å². The Balaban J connectivity index is 1.65. The van der Waals surface area contributed by atoms with Crippen LogP contribution in [0.1, 0.15) is 17.2 Å². The summed E-state index contributed by atoms with van der Waals surface area (Å²) in [7, 11) is -1.12. The van der Waals surface area contributed by atoms with E-state index in [0.717, 1.165) is 11.1 Å². The molecule has 0 radical (unpaired) electrons. The fourth-order valence-electron chi connectivity index (χ4n) is 2.02. The van der Waals surface area contributed by atoms with E-state index in [-0.39, 0.29) is 5.75 Å². The fraction of sp³-hybridized carbons (Fsp3) is 0.188. The number of hydrogen-bond acceptors (Lipinski definition) is 5. The standard InChI is InChI=1S/C16H14ClN3O2S/c1-11-6-18-15(22-11)10-23(21)9-12-7-19-16(20-8-12)13-2-4-14(17)5-3-13/h2-8H,9-10H2,1H3. The van der Waals surface area contributed by atoms with Crippen LogP contribution >= 0.6 is 11.6 Å². The molecule has 2 aromatic heterocycles. The van der Waals surface area contributed by atoms with E-state index >= 15 is 0 Å². The summed E-state index contributed by atoms with van der Waals surface area (Å²) in [6.07, 6.45) is 5.00. The molecule has 0 saturated carbocycles. The Labute approximate surface area is 141 Å². The summed E-state index contributed by atoms with van der Waals surface area (Å²) >= 11 is 5.86. The van der Waals surface area contributed by atoms with Crippen LogP contribution in [-0.4, -0.2) is 19.2 Å². The lowest BCUT2D eigenvalue weighted by molar-refractivity contribution is 0.488. The van der Waals surface area contributed by atoms with Gasteiger partial charge in [0.1, 0.15) is 11.5 Å². The Bertz CT molecular complexity index is 816. The molecule has 5 nitrogen and oxygen atoms in total. The van der Waals surface area contributed by atoms with Crippen LogP contribution in [0.2, 0.25) is 5.02 Å². The molecule has 3 aromatic rings. The van der Waals surface area contributed by atoms with Gasteiger partial charge in [0, 0.05) is 39.3 Å². The molecule has 0 bridgehead atoms. The monoisotopic (exact) mass is 347 g/mol. The summed E-state index contributed by atoms with van der Waals surface area (Å²) in [6.45, 7) is 1.81. The van der Waals surface area contributed by atoms with Crippen LogP contribution in [0.5, 0.6) is 0 Å². The third-order valence-electron chi connectivity index (χ3n) is 3.09. The molecule has 7 heteroatoms. The zero-order chi connectivity index (χ0) is 16.2. The normalized spacial score (nSPS) is 12.3. The first kappa shape index (κ1) is 15.8. The van der Waals surface area contributed by atoms with Crippen LogP contribution in [0, 0.1) is 6.92 Å². The van der Waals surface area contributed by atoms with E-state index in [4.69, 9.17) is 16.0 Å². The molecule has 0 aliphatic rings. The van der Waals surface area contributed by atoms with Crippen LogP contribution < -0.4 is 0 Å². The van der Waals surface area contributed by atoms with Crippen LogP contribution in [0.3, 0.4) is 0 Å². The van der Waals surface area contributed by atoms with Crippen molar-refractivity contribution in [1.82, 2.24) is 15.0 Å². The highest BCUT2D eigenvalue weighted by Crippen LogP contribution is 2.18. The SMILES string of the molecule is Cc1cnc(CS(=O)Cc2cnc(-c3ccc(Cl)cc3)nc2)o1. The van der Waals surface area contributed by atoms with Gasteiger partial charge in [0.2, 0.25) is 5.89 Å². The van der Waals surface area contributed by atoms with Gasteiger partial charge in [0.15, 0.2) is 5.82 Å². The maximum Gasteiger partial charge on any atom is 0.206 e. The number of hydrogen-bond donors (Lipinski definition) is 0. The number of aromatic nitrogens is 3. The number of oxazole rings is 1. The lowest BCUT2D eigenvalue weighted by Gasteiger charge is -2.03. The van der Waals surface area contributed by atoms with Crippen LogP contribution in [0.4, 0.5) is 0 Å². The molecule has 1 aromatic carbocycles. The van der Waals surface area contributed by atoms with Crippen LogP contribution in [0.15, 0.2) is 47.3 Å². The largest absolute Gasteiger partial charge is 0.445 e. The van der Waals surface area contributed by atoms with Crippen LogP contribution in [0.25, 0.3) is 11.4 Å². The van der Waals surface area contributed by atoms with Gasteiger partial charge in [0.05, 0.1) is 11.9 Å². The van der Waals surface area contributed by atoms with E-state index in [1.165, 1.54) is 0 Å². The number of nitrogens with zero attached hydrogens (tertiary/aromatic N) is 3. The Morgan fingerprint density at radius 1 is 1.04 bits per heavy atom. The fourth-order valence-corrected chi connectivity index (χ4v) is 3.18. The predicted molar refractivity (Wildman–Crippen MR) is 89.3 cm³/mol. The van der Waals surface area contributed by atoms with Crippen molar-refractivity contribution in [3.63, 3.8) is 0 Å². The van der Waals surface area contributed by atoms with Gasteiger partial charge in [-0.25, -0.2) is 15.0 Å². The van der Waals surface area contributed by atoms with E-state index in [1.807, 2.05) is 19.1 Å². The highest BCUT2D eigenvalue weighted by atomic mass is 35.5. The van der Waals surface area contributed by atoms with Gasteiger partial charge in [-0.1, -0.05) is 11.6 Å². The minimum absolute atomic E-state index is 0.284. The Morgan fingerprint density at radius 2 is 1.74 bits per heavy atom. The average molecular weight is 348 g/mol. The zero-order valence-electron chi connectivity index (χ0n) is 12.4. The molecule has 0 N–H and O–H groups in total. The van der Waals surface area contributed by atoms with Crippen LogP contribution in [-0.2, 0) is 22.3 Å². The first-order valence-corrected chi connectivity index (χ1v) is 8.80. The summed E-state index contributed by atoms with van der Waals surface area (Å²) in [5.74, 6) is 2.46. The number of aryl methyl sites for hydroxylation is 1. The van der Waals surface area contributed by atoms with Gasteiger partial charge in [-0.2, -0.15) is 0 Å². The molecular weight excluding hydrogens is 334 g/mol. The predicted octanol–water partition coefficient (Wildman–Crippen LogP) is 3.54. The second-order valence-electron chi connectivity index (χ2n) is 5.01.